The second-order valence-electron chi connectivity index (χ2n) is 9.25. The van der Waals surface area contributed by atoms with Crippen molar-refractivity contribution in [2.45, 2.75) is 57.9 Å². The summed E-state index contributed by atoms with van der Waals surface area (Å²) < 4.78 is 10.3. The minimum atomic E-state index is -0.386. The maximum Gasteiger partial charge on any atom is 0.310 e. The zero-order valence-electron chi connectivity index (χ0n) is 16.9. The molecule has 5 nitrogen and oxygen atoms in total. The minimum Gasteiger partial charge on any atom is -0.497 e. The summed E-state index contributed by atoms with van der Waals surface area (Å²) >= 11 is 0. The van der Waals surface area contributed by atoms with E-state index in [1.165, 1.54) is 38.5 Å². The van der Waals surface area contributed by atoms with Crippen molar-refractivity contribution in [1.29, 1.82) is 0 Å². The van der Waals surface area contributed by atoms with Gasteiger partial charge in [0.1, 0.15) is 5.75 Å². The van der Waals surface area contributed by atoms with Crippen molar-refractivity contribution in [2.24, 2.45) is 23.2 Å². The summed E-state index contributed by atoms with van der Waals surface area (Å²) in [5.41, 5.74) is 1.10. The average molecular weight is 386 g/mol. The Morgan fingerprint density at radius 3 is 2.18 bits per heavy atom. The molecule has 4 aliphatic rings. The number of rotatable bonds is 7. The van der Waals surface area contributed by atoms with Crippen LogP contribution in [-0.4, -0.2) is 31.6 Å². The number of carbonyl (C=O) groups is 2. The number of methoxy groups -OCH3 is 1. The Labute approximate surface area is 167 Å². The molecular weight excluding hydrogens is 354 g/mol. The summed E-state index contributed by atoms with van der Waals surface area (Å²) in [5, 5.41) is 3.14. The summed E-state index contributed by atoms with van der Waals surface area (Å²) in [7, 11) is 1.60. The summed E-state index contributed by atoms with van der Waals surface area (Å²) in [6.07, 6.45) is 8.07. The van der Waals surface area contributed by atoms with E-state index < -0.39 is 0 Å². The molecule has 0 aromatic heterocycles. The number of ether oxygens (including phenoxy) is 2. The van der Waals surface area contributed by atoms with Gasteiger partial charge in [0.2, 0.25) is 0 Å². The van der Waals surface area contributed by atoms with E-state index in [9.17, 15) is 9.59 Å². The van der Waals surface area contributed by atoms with Gasteiger partial charge in [-0.15, -0.1) is 0 Å². The number of hydrogen-bond donors (Lipinski definition) is 1. The first kappa shape index (κ1) is 19.3. The van der Waals surface area contributed by atoms with Crippen LogP contribution in [0.15, 0.2) is 24.3 Å². The zero-order chi connectivity index (χ0) is 19.7. The maximum atomic E-state index is 12.4. The van der Waals surface area contributed by atoms with Gasteiger partial charge in [-0.3, -0.25) is 9.59 Å². The van der Waals surface area contributed by atoms with Gasteiger partial charge in [0, 0.05) is 6.04 Å². The van der Waals surface area contributed by atoms with Crippen LogP contribution < -0.4 is 10.1 Å². The van der Waals surface area contributed by atoms with Crippen LogP contribution in [0, 0.1) is 23.2 Å². The van der Waals surface area contributed by atoms with Crippen LogP contribution in [0.4, 0.5) is 0 Å². The minimum absolute atomic E-state index is 0.147. The predicted molar refractivity (Wildman–Crippen MR) is 106 cm³/mol. The highest BCUT2D eigenvalue weighted by Gasteiger charge is 2.53. The lowest BCUT2D eigenvalue weighted by molar-refractivity contribution is -0.148. The van der Waals surface area contributed by atoms with Gasteiger partial charge >= 0.3 is 5.97 Å². The van der Waals surface area contributed by atoms with Crippen LogP contribution in [0.2, 0.25) is 0 Å². The first-order valence-electron chi connectivity index (χ1n) is 10.5. The topological polar surface area (TPSA) is 64.6 Å². The van der Waals surface area contributed by atoms with E-state index in [0.29, 0.717) is 0 Å². The molecule has 4 aliphatic carbocycles. The summed E-state index contributed by atoms with van der Waals surface area (Å²) in [6, 6.07) is 7.42. The number of nitrogens with one attached hydrogen (secondary N) is 1. The second kappa shape index (κ2) is 7.76. The molecular formula is C23H31NO4. The van der Waals surface area contributed by atoms with Gasteiger partial charge in [-0.05, 0) is 86.3 Å². The molecule has 28 heavy (non-hydrogen) atoms. The highest BCUT2D eigenvalue weighted by molar-refractivity contribution is 5.81. The van der Waals surface area contributed by atoms with Crippen molar-refractivity contribution in [3.8, 4) is 5.75 Å². The lowest BCUT2D eigenvalue weighted by atomic mass is 9.48. The molecule has 0 heterocycles. The van der Waals surface area contributed by atoms with Crippen LogP contribution >= 0.6 is 0 Å². The van der Waals surface area contributed by atoms with Crippen LogP contribution in [0.5, 0.6) is 5.75 Å². The summed E-state index contributed by atoms with van der Waals surface area (Å²) in [6.45, 7) is 1.94. The Kier molecular flexibility index (Phi) is 5.35. The average Bonchev–Trinajstić information content (AvgIpc) is 2.66. The van der Waals surface area contributed by atoms with Gasteiger partial charge < -0.3 is 14.8 Å². The molecule has 1 N–H and O–H groups in total. The molecule has 0 saturated heterocycles. The maximum absolute atomic E-state index is 12.4. The van der Waals surface area contributed by atoms with Gasteiger partial charge in [0.15, 0.2) is 6.61 Å². The fourth-order valence-electron chi connectivity index (χ4n) is 6.25. The Bertz CT molecular complexity index is 691. The third-order valence-electron chi connectivity index (χ3n) is 7.25. The van der Waals surface area contributed by atoms with Crippen molar-refractivity contribution in [3.05, 3.63) is 29.8 Å². The SMILES string of the molecule is COc1ccc(CC(=O)OCC(=O)N[C@@H](C)C23CC4CC(CC(C4)C2)C3)cc1. The van der Waals surface area contributed by atoms with Crippen molar-refractivity contribution >= 4 is 11.9 Å². The van der Waals surface area contributed by atoms with Crippen molar-refractivity contribution in [2.75, 3.05) is 13.7 Å². The van der Waals surface area contributed by atoms with Gasteiger partial charge in [-0.1, -0.05) is 12.1 Å². The molecule has 1 atom stereocenters. The molecule has 4 fully saturated rings. The number of hydrogen-bond acceptors (Lipinski definition) is 4. The normalized spacial score (nSPS) is 31.3. The molecule has 5 heteroatoms. The van der Waals surface area contributed by atoms with E-state index in [0.717, 1.165) is 29.1 Å². The fraction of sp³-hybridized carbons (Fsp3) is 0.652. The fourth-order valence-corrected chi connectivity index (χ4v) is 6.25. The highest BCUT2D eigenvalue weighted by atomic mass is 16.5. The third-order valence-corrected chi connectivity index (χ3v) is 7.25. The zero-order valence-corrected chi connectivity index (χ0v) is 16.9. The Morgan fingerprint density at radius 2 is 1.64 bits per heavy atom. The van der Waals surface area contributed by atoms with Gasteiger partial charge in [0.05, 0.1) is 13.5 Å². The number of carbonyl (C=O) groups excluding carboxylic acids is 2. The van der Waals surface area contributed by atoms with Crippen LogP contribution in [0.1, 0.15) is 51.0 Å². The van der Waals surface area contributed by atoms with E-state index in [1.807, 2.05) is 24.3 Å². The standard InChI is InChI=1S/C23H31NO4/c1-15(23-11-17-7-18(12-23)9-19(8-17)13-23)24-21(25)14-28-22(26)10-16-3-5-20(27-2)6-4-16/h3-6,15,17-19H,7-14H2,1-2H3,(H,24,25)/t15-,17?,18?,19?,23?/m0/s1. The molecule has 5 rings (SSSR count). The Balaban J connectivity index is 1.24. The van der Waals surface area contributed by atoms with Crippen molar-refractivity contribution < 1.29 is 19.1 Å². The smallest absolute Gasteiger partial charge is 0.310 e. The quantitative estimate of drug-likeness (QED) is 0.730. The molecule has 0 spiro atoms. The first-order valence-corrected chi connectivity index (χ1v) is 10.5. The Morgan fingerprint density at radius 1 is 1.07 bits per heavy atom. The van der Waals surface area contributed by atoms with Gasteiger partial charge in [0.25, 0.3) is 5.91 Å². The van der Waals surface area contributed by atoms with E-state index in [1.54, 1.807) is 7.11 Å². The molecule has 1 aromatic carbocycles. The molecule has 1 aromatic rings. The number of amides is 1. The molecule has 1 amide bonds. The molecule has 152 valence electrons. The lowest BCUT2D eigenvalue weighted by Crippen LogP contribution is -2.56. The monoisotopic (exact) mass is 385 g/mol. The Hall–Kier alpha value is -2.04. The molecule has 4 saturated carbocycles. The van der Waals surface area contributed by atoms with Crippen molar-refractivity contribution in [3.63, 3.8) is 0 Å². The van der Waals surface area contributed by atoms with E-state index in [2.05, 4.69) is 12.2 Å². The largest absolute Gasteiger partial charge is 0.497 e. The second-order valence-corrected chi connectivity index (χ2v) is 9.25. The van der Waals surface area contributed by atoms with Crippen molar-refractivity contribution in [1.82, 2.24) is 5.32 Å². The lowest BCUT2D eigenvalue weighted by Gasteiger charge is -2.59. The van der Waals surface area contributed by atoms with Crippen LogP contribution in [0.25, 0.3) is 0 Å². The van der Waals surface area contributed by atoms with Gasteiger partial charge in [-0.2, -0.15) is 0 Å². The summed E-state index contributed by atoms with van der Waals surface area (Å²) in [5.74, 6) is 2.73. The molecule has 4 bridgehead atoms. The highest BCUT2D eigenvalue weighted by Crippen LogP contribution is 2.61. The van der Waals surface area contributed by atoms with Crippen LogP contribution in [0.3, 0.4) is 0 Å². The number of esters is 1. The van der Waals surface area contributed by atoms with Crippen LogP contribution in [-0.2, 0) is 20.7 Å². The third kappa shape index (κ3) is 4.03. The first-order chi connectivity index (χ1) is 13.5. The molecule has 0 radical (unpaired) electrons. The molecule has 0 unspecified atom stereocenters. The molecule has 0 aliphatic heterocycles. The summed E-state index contributed by atoms with van der Waals surface area (Å²) in [4.78, 5) is 24.4. The van der Waals surface area contributed by atoms with E-state index >= 15 is 0 Å². The van der Waals surface area contributed by atoms with E-state index in [-0.39, 0.29) is 36.4 Å². The van der Waals surface area contributed by atoms with Gasteiger partial charge in [-0.25, -0.2) is 0 Å². The number of benzene rings is 1. The van der Waals surface area contributed by atoms with E-state index in [4.69, 9.17) is 9.47 Å². The predicted octanol–water partition coefficient (Wildman–Crippen LogP) is 3.50.